The van der Waals surface area contributed by atoms with Crippen LogP contribution in [0.15, 0.2) is 191 Å². The number of hydrogen-bond donors (Lipinski definition) is 0. The number of nitrogens with zero attached hydrogens (tertiary/aromatic N) is 2. The van der Waals surface area contributed by atoms with Gasteiger partial charge in [0.2, 0.25) is 0 Å². The van der Waals surface area contributed by atoms with Gasteiger partial charge in [-0.05, 0) is 130 Å². The van der Waals surface area contributed by atoms with E-state index in [9.17, 15) is 0 Å². The molecule has 0 unspecified atom stereocenters. The zero-order chi connectivity index (χ0) is 44.6. The fourth-order valence-corrected chi connectivity index (χ4v) is 11.8. The normalized spacial score (nSPS) is 14.2. The zero-order valence-corrected chi connectivity index (χ0v) is 38.0. The lowest BCUT2D eigenvalue weighted by Crippen LogP contribution is -2.24. The minimum Gasteiger partial charge on any atom is -0.454 e. The second-order valence-corrected chi connectivity index (χ2v) is 19.3. The Bertz CT molecular complexity index is 3550. The van der Waals surface area contributed by atoms with Gasteiger partial charge in [0.1, 0.15) is 11.2 Å². The summed E-state index contributed by atoms with van der Waals surface area (Å²) in [6, 6.07) is 65.7. The van der Waals surface area contributed by atoms with Gasteiger partial charge in [-0.15, -0.1) is 0 Å². The standard InChI is InChI=1S/C62H48N2O2/c1-37-21-13-17-29-47(37)63(39-23-9-7-10-24-39)49-35-45-53(55-41-27-15-19-31-51(41)65-59(49)55)43-33-34-44-54-46(62(5,6)58(44)57(43)61(45,3)4)36-50(60-56(54)42-28-16-20-32-52(42)66-60)64(40-25-11-8-12-26-40)48-30-18-14-22-38(48)2/h7-36H,1-6H3. The third-order valence-corrected chi connectivity index (χ3v) is 14.8. The first-order chi connectivity index (χ1) is 32.1. The van der Waals surface area contributed by atoms with Crippen molar-refractivity contribution in [3.05, 3.63) is 215 Å². The van der Waals surface area contributed by atoms with Gasteiger partial charge < -0.3 is 18.6 Å². The monoisotopic (exact) mass is 852 g/mol. The van der Waals surface area contributed by atoms with Crippen molar-refractivity contribution in [3.63, 3.8) is 0 Å². The Balaban J connectivity index is 1.11. The quantitative estimate of drug-likeness (QED) is 0.167. The van der Waals surface area contributed by atoms with Crippen LogP contribution in [0.1, 0.15) is 61.1 Å². The molecule has 0 atom stereocenters. The molecule has 11 aromatic rings. The van der Waals surface area contributed by atoms with E-state index in [2.05, 4.69) is 233 Å². The maximum atomic E-state index is 7.08. The highest BCUT2D eigenvalue weighted by Crippen LogP contribution is 2.64. The molecule has 0 saturated carbocycles. The largest absolute Gasteiger partial charge is 0.454 e. The molecule has 66 heavy (non-hydrogen) atoms. The van der Waals surface area contributed by atoms with Crippen LogP contribution >= 0.6 is 0 Å². The maximum absolute atomic E-state index is 7.08. The van der Waals surface area contributed by atoms with Gasteiger partial charge in [0.15, 0.2) is 11.2 Å². The molecule has 2 aliphatic carbocycles. The highest BCUT2D eigenvalue weighted by atomic mass is 16.3. The third-order valence-electron chi connectivity index (χ3n) is 14.8. The SMILES string of the molecule is Cc1ccccc1N(c1ccccc1)c1cc2c(c3c1oc1ccccc13)-c1ccc3c(c1C2(C)C)C(C)(C)c1cc(N(c2ccccc2)c2ccccc2C)c2oc4ccccc4c2c1-3. The van der Waals surface area contributed by atoms with Gasteiger partial charge in [-0.3, -0.25) is 0 Å². The molecule has 0 bridgehead atoms. The molecule has 318 valence electrons. The molecule has 4 nitrogen and oxygen atoms in total. The fourth-order valence-electron chi connectivity index (χ4n) is 11.8. The lowest BCUT2D eigenvalue weighted by Gasteiger charge is -2.32. The summed E-state index contributed by atoms with van der Waals surface area (Å²) in [6.45, 7) is 14.2. The first kappa shape index (κ1) is 38.6. The van der Waals surface area contributed by atoms with Gasteiger partial charge >= 0.3 is 0 Å². The van der Waals surface area contributed by atoms with E-state index in [1.54, 1.807) is 0 Å². The van der Waals surface area contributed by atoms with Crippen molar-refractivity contribution in [1.82, 2.24) is 0 Å². The smallest absolute Gasteiger partial charge is 0.160 e. The van der Waals surface area contributed by atoms with Crippen molar-refractivity contribution in [3.8, 4) is 22.3 Å². The molecule has 0 fully saturated rings. The summed E-state index contributed by atoms with van der Waals surface area (Å²) in [5.41, 5.74) is 22.1. The average Bonchev–Trinajstić information content (AvgIpc) is 4.04. The van der Waals surface area contributed by atoms with Crippen LogP contribution in [-0.4, -0.2) is 0 Å². The van der Waals surface area contributed by atoms with E-state index in [0.29, 0.717) is 0 Å². The Hall–Kier alpha value is -7.82. The second kappa shape index (κ2) is 13.8. The zero-order valence-electron chi connectivity index (χ0n) is 38.0. The number of hydrogen-bond acceptors (Lipinski definition) is 4. The molecular formula is C62H48N2O2. The molecule has 0 aliphatic heterocycles. The van der Waals surface area contributed by atoms with Gasteiger partial charge in [-0.2, -0.15) is 0 Å². The summed E-state index contributed by atoms with van der Waals surface area (Å²) < 4.78 is 14.2. The molecule has 2 aromatic heterocycles. The van der Waals surface area contributed by atoms with Crippen LogP contribution in [0, 0.1) is 13.8 Å². The molecule has 9 aromatic carbocycles. The molecular weight excluding hydrogens is 805 g/mol. The average molecular weight is 853 g/mol. The Morgan fingerprint density at radius 3 is 1.15 bits per heavy atom. The molecule has 2 heterocycles. The number of furan rings is 2. The van der Waals surface area contributed by atoms with Crippen LogP contribution in [-0.2, 0) is 10.8 Å². The lowest BCUT2D eigenvalue weighted by atomic mass is 9.72. The molecule has 0 N–H and O–H groups in total. The van der Waals surface area contributed by atoms with E-state index in [4.69, 9.17) is 8.83 Å². The molecule has 4 heteroatoms. The molecule has 0 amide bonds. The van der Waals surface area contributed by atoms with Crippen LogP contribution in [0.4, 0.5) is 34.1 Å². The number of fused-ring (bicyclic) bond motifs is 15. The Morgan fingerprint density at radius 1 is 0.379 bits per heavy atom. The number of benzene rings is 9. The summed E-state index contributed by atoms with van der Waals surface area (Å²) in [6.07, 6.45) is 0. The van der Waals surface area contributed by atoms with Crippen LogP contribution < -0.4 is 9.80 Å². The Kier molecular flexibility index (Phi) is 8.10. The molecule has 0 saturated heterocycles. The maximum Gasteiger partial charge on any atom is 0.160 e. The van der Waals surface area contributed by atoms with Crippen molar-refractivity contribution >= 4 is 78.0 Å². The topological polar surface area (TPSA) is 32.8 Å². The number of aryl methyl sites for hydroxylation is 2. The summed E-state index contributed by atoms with van der Waals surface area (Å²) in [7, 11) is 0. The van der Waals surface area contributed by atoms with Crippen molar-refractivity contribution < 1.29 is 8.83 Å². The van der Waals surface area contributed by atoms with Crippen molar-refractivity contribution in [2.24, 2.45) is 0 Å². The van der Waals surface area contributed by atoms with Crippen molar-refractivity contribution in [2.45, 2.75) is 52.4 Å². The molecule has 0 spiro atoms. The first-order valence-corrected chi connectivity index (χ1v) is 23.1. The number of para-hydroxylation sites is 6. The van der Waals surface area contributed by atoms with Crippen LogP contribution in [0.2, 0.25) is 0 Å². The minimum atomic E-state index is -0.387. The summed E-state index contributed by atoms with van der Waals surface area (Å²) in [5.74, 6) is 0. The van der Waals surface area contributed by atoms with Crippen molar-refractivity contribution in [2.75, 3.05) is 9.80 Å². The van der Waals surface area contributed by atoms with Gasteiger partial charge in [0, 0.05) is 55.1 Å². The number of anilines is 6. The van der Waals surface area contributed by atoms with E-state index in [-0.39, 0.29) is 10.8 Å². The van der Waals surface area contributed by atoms with E-state index in [1.807, 2.05) is 0 Å². The predicted octanol–water partition coefficient (Wildman–Crippen LogP) is 17.7. The van der Waals surface area contributed by atoms with Gasteiger partial charge in [-0.25, -0.2) is 0 Å². The van der Waals surface area contributed by atoms with Gasteiger partial charge in [0.05, 0.1) is 11.4 Å². The molecule has 0 radical (unpaired) electrons. The third kappa shape index (κ3) is 5.21. The summed E-state index contributed by atoms with van der Waals surface area (Å²) >= 11 is 0. The van der Waals surface area contributed by atoms with E-state index < -0.39 is 0 Å². The Labute approximate surface area is 385 Å². The molecule has 13 rings (SSSR count). The van der Waals surface area contributed by atoms with Crippen molar-refractivity contribution in [1.29, 1.82) is 0 Å². The van der Waals surface area contributed by atoms with Gasteiger partial charge in [0.25, 0.3) is 0 Å². The summed E-state index contributed by atoms with van der Waals surface area (Å²) in [4.78, 5) is 4.80. The van der Waals surface area contributed by atoms with Crippen LogP contribution in [0.5, 0.6) is 0 Å². The van der Waals surface area contributed by atoms with Crippen LogP contribution in [0.3, 0.4) is 0 Å². The van der Waals surface area contributed by atoms with E-state index in [1.165, 1.54) is 55.6 Å². The second-order valence-electron chi connectivity index (χ2n) is 19.3. The minimum absolute atomic E-state index is 0.387. The number of rotatable bonds is 6. The van der Waals surface area contributed by atoms with E-state index in [0.717, 1.165) is 78.0 Å². The highest BCUT2D eigenvalue weighted by molar-refractivity contribution is 6.22. The Morgan fingerprint density at radius 2 is 0.742 bits per heavy atom. The van der Waals surface area contributed by atoms with E-state index >= 15 is 0 Å². The predicted molar refractivity (Wildman–Crippen MR) is 275 cm³/mol. The highest BCUT2D eigenvalue weighted by Gasteiger charge is 2.48. The molecule has 2 aliphatic rings. The first-order valence-electron chi connectivity index (χ1n) is 23.1. The fraction of sp³-hybridized carbons (Fsp3) is 0.129. The summed E-state index contributed by atoms with van der Waals surface area (Å²) in [5, 5.41) is 4.58. The van der Waals surface area contributed by atoms with Crippen LogP contribution in [0.25, 0.3) is 66.1 Å². The lowest BCUT2D eigenvalue weighted by molar-refractivity contribution is 0.601. The van der Waals surface area contributed by atoms with Gasteiger partial charge in [-0.1, -0.05) is 149 Å².